The minimum absolute atomic E-state index is 0.400. The number of hydrogen-bond donors (Lipinski definition) is 0. The van der Waals surface area contributed by atoms with Gasteiger partial charge in [-0.2, -0.15) is 9.37 Å². The molecule has 0 saturated carbocycles. The first-order chi connectivity index (χ1) is 16.2. The summed E-state index contributed by atoms with van der Waals surface area (Å²) < 4.78 is 14.9. The Balaban J connectivity index is 1.39. The summed E-state index contributed by atoms with van der Waals surface area (Å²) in [5.41, 5.74) is 5.19. The van der Waals surface area contributed by atoms with E-state index in [0.717, 1.165) is 29.9 Å². The zero-order chi connectivity index (χ0) is 23.0. The van der Waals surface area contributed by atoms with E-state index in [2.05, 4.69) is 83.7 Å². The number of aryl methyl sites for hydroxylation is 1. The van der Waals surface area contributed by atoms with Gasteiger partial charge in [-0.25, -0.2) is 4.98 Å². The molecular formula is C28H33FN2S2. The molecule has 174 valence electrons. The summed E-state index contributed by atoms with van der Waals surface area (Å²) in [5.74, 6) is 3.48. The Bertz CT molecular complexity index is 1010. The maximum atomic E-state index is 14.3. The molecule has 0 aliphatic carbocycles. The van der Waals surface area contributed by atoms with Gasteiger partial charge in [-0.1, -0.05) is 81.6 Å². The molecule has 3 aromatic rings. The molecule has 0 bridgehead atoms. The van der Waals surface area contributed by atoms with E-state index in [0.29, 0.717) is 22.4 Å². The van der Waals surface area contributed by atoms with Crippen LogP contribution in [0.25, 0.3) is 22.5 Å². The van der Waals surface area contributed by atoms with E-state index < -0.39 is 5.95 Å². The van der Waals surface area contributed by atoms with Crippen molar-refractivity contribution in [3.8, 4) is 22.5 Å². The molecule has 1 fully saturated rings. The third-order valence-corrected chi connectivity index (χ3v) is 9.50. The second kappa shape index (κ2) is 12.0. The average molecular weight is 481 g/mol. The van der Waals surface area contributed by atoms with E-state index >= 15 is 0 Å². The van der Waals surface area contributed by atoms with E-state index in [1.54, 1.807) is 6.20 Å². The molecule has 1 aliphatic rings. The molecule has 0 radical (unpaired) electrons. The largest absolute Gasteiger partial charge is 0.236 e. The van der Waals surface area contributed by atoms with E-state index in [-0.39, 0.29) is 0 Å². The SMILES string of the molecule is CCCCc1cnc(-c2ccc(-c3ccc(C4SCC(CCCC)CS4)cc3)cc2)nc1F. The lowest BCUT2D eigenvalue weighted by Gasteiger charge is -2.28. The molecule has 2 nitrogen and oxygen atoms in total. The Morgan fingerprint density at radius 3 is 2.06 bits per heavy atom. The third kappa shape index (κ3) is 6.39. The Kier molecular flexibility index (Phi) is 8.85. The summed E-state index contributed by atoms with van der Waals surface area (Å²) in [6.07, 6.45) is 8.33. The van der Waals surface area contributed by atoms with Gasteiger partial charge >= 0.3 is 0 Å². The zero-order valence-corrected chi connectivity index (χ0v) is 21.2. The first-order valence-corrected chi connectivity index (χ1v) is 14.2. The Morgan fingerprint density at radius 1 is 0.848 bits per heavy atom. The monoisotopic (exact) mass is 480 g/mol. The van der Waals surface area contributed by atoms with Gasteiger partial charge in [-0.05, 0) is 53.4 Å². The maximum Gasteiger partial charge on any atom is 0.219 e. The second-order valence-electron chi connectivity index (χ2n) is 8.82. The molecule has 0 atom stereocenters. The molecular weight excluding hydrogens is 447 g/mol. The molecule has 33 heavy (non-hydrogen) atoms. The summed E-state index contributed by atoms with van der Waals surface area (Å²) in [6.45, 7) is 4.37. The van der Waals surface area contributed by atoms with Crippen molar-refractivity contribution in [3.63, 3.8) is 0 Å². The number of rotatable bonds is 9. The maximum absolute atomic E-state index is 14.3. The molecule has 2 aromatic carbocycles. The zero-order valence-electron chi connectivity index (χ0n) is 19.6. The van der Waals surface area contributed by atoms with E-state index in [9.17, 15) is 4.39 Å². The molecule has 0 N–H and O–H groups in total. The highest BCUT2D eigenvalue weighted by molar-refractivity contribution is 8.16. The minimum Gasteiger partial charge on any atom is -0.236 e. The van der Waals surface area contributed by atoms with Gasteiger partial charge < -0.3 is 0 Å². The lowest BCUT2D eigenvalue weighted by Crippen LogP contribution is -2.14. The van der Waals surface area contributed by atoms with Crippen LogP contribution in [-0.2, 0) is 6.42 Å². The molecule has 5 heteroatoms. The summed E-state index contributed by atoms with van der Waals surface area (Å²) in [4.78, 5) is 8.50. The predicted molar refractivity (Wildman–Crippen MR) is 142 cm³/mol. The first kappa shape index (κ1) is 24.3. The fraction of sp³-hybridized carbons (Fsp3) is 0.429. The lowest BCUT2D eigenvalue weighted by molar-refractivity contribution is 0.558. The van der Waals surface area contributed by atoms with Gasteiger partial charge in [0.1, 0.15) is 0 Å². The number of benzene rings is 2. The van der Waals surface area contributed by atoms with Crippen molar-refractivity contribution in [2.45, 2.75) is 57.0 Å². The molecule has 2 heterocycles. The standard InChI is InChI=1S/C28H33FN2S2/c1-3-5-7-20-18-32-28(33-19-20)24-15-11-22(12-16-24)21-9-13-23(14-10-21)27-30-17-25(8-6-4-2)26(29)31-27/h9-17,20,28H,3-8,18-19H2,1-2H3. The number of unbranched alkanes of at least 4 members (excludes halogenated alkanes) is 2. The van der Waals surface area contributed by atoms with E-state index in [1.165, 1.54) is 41.9 Å². The number of hydrogen-bond acceptors (Lipinski definition) is 4. The highest BCUT2D eigenvalue weighted by atomic mass is 32.2. The smallest absolute Gasteiger partial charge is 0.219 e. The van der Waals surface area contributed by atoms with Crippen LogP contribution in [0.5, 0.6) is 0 Å². The van der Waals surface area contributed by atoms with Crippen molar-refractivity contribution in [3.05, 3.63) is 71.8 Å². The minimum atomic E-state index is -0.400. The Morgan fingerprint density at radius 2 is 1.45 bits per heavy atom. The molecule has 0 spiro atoms. The van der Waals surface area contributed by atoms with Crippen LogP contribution >= 0.6 is 23.5 Å². The van der Waals surface area contributed by atoms with E-state index in [4.69, 9.17) is 0 Å². The topological polar surface area (TPSA) is 25.8 Å². The van der Waals surface area contributed by atoms with Gasteiger partial charge in [-0.3, -0.25) is 0 Å². The summed E-state index contributed by atoms with van der Waals surface area (Å²) >= 11 is 4.20. The van der Waals surface area contributed by atoms with Gasteiger partial charge in [0.15, 0.2) is 5.82 Å². The van der Waals surface area contributed by atoms with Crippen molar-refractivity contribution in [1.82, 2.24) is 9.97 Å². The van der Waals surface area contributed by atoms with Crippen molar-refractivity contribution >= 4 is 23.5 Å². The molecule has 1 saturated heterocycles. The number of thioether (sulfide) groups is 2. The van der Waals surface area contributed by atoms with Crippen molar-refractivity contribution in [2.75, 3.05) is 11.5 Å². The van der Waals surface area contributed by atoms with Crippen LogP contribution in [0.1, 0.15) is 61.7 Å². The Labute approximate surface area is 206 Å². The van der Waals surface area contributed by atoms with Crippen LogP contribution in [0.15, 0.2) is 54.7 Å². The molecule has 1 aliphatic heterocycles. The fourth-order valence-corrected chi connectivity index (χ4v) is 7.27. The summed E-state index contributed by atoms with van der Waals surface area (Å²) in [5, 5.41) is 0. The van der Waals surface area contributed by atoms with Gasteiger partial charge in [-0.15, -0.1) is 23.5 Å². The van der Waals surface area contributed by atoms with Gasteiger partial charge in [0.25, 0.3) is 0 Å². The molecule has 4 rings (SSSR count). The predicted octanol–water partition coefficient (Wildman–Crippen LogP) is 8.58. The van der Waals surface area contributed by atoms with Crippen LogP contribution < -0.4 is 0 Å². The normalized spacial score (nSPS) is 18.4. The van der Waals surface area contributed by atoms with Crippen LogP contribution in [-0.4, -0.2) is 21.5 Å². The third-order valence-electron chi connectivity index (χ3n) is 6.20. The molecule has 1 aromatic heterocycles. The summed E-state index contributed by atoms with van der Waals surface area (Å²) in [7, 11) is 0. The average Bonchev–Trinajstić information content (AvgIpc) is 2.87. The Hall–Kier alpha value is -1.85. The van der Waals surface area contributed by atoms with E-state index in [1.807, 2.05) is 12.1 Å². The quantitative estimate of drug-likeness (QED) is 0.286. The van der Waals surface area contributed by atoms with Crippen molar-refractivity contribution in [1.29, 1.82) is 0 Å². The van der Waals surface area contributed by atoms with Gasteiger partial charge in [0.2, 0.25) is 5.95 Å². The lowest BCUT2D eigenvalue weighted by atomic mass is 10.0. The van der Waals surface area contributed by atoms with Crippen LogP contribution in [0.2, 0.25) is 0 Å². The summed E-state index contributed by atoms with van der Waals surface area (Å²) in [6, 6.07) is 17.1. The van der Waals surface area contributed by atoms with Crippen LogP contribution in [0.4, 0.5) is 4.39 Å². The highest BCUT2D eigenvalue weighted by Gasteiger charge is 2.23. The van der Waals surface area contributed by atoms with Gasteiger partial charge in [0.05, 0.1) is 4.58 Å². The molecule has 0 unspecified atom stereocenters. The fourth-order valence-electron chi connectivity index (χ4n) is 4.10. The second-order valence-corrected chi connectivity index (χ2v) is 11.4. The highest BCUT2D eigenvalue weighted by Crippen LogP contribution is 2.46. The van der Waals surface area contributed by atoms with Crippen LogP contribution in [0.3, 0.4) is 0 Å². The number of halogens is 1. The van der Waals surface area contributed by atoms with Crippen molar-refractivity contribution < 1.29 is 4.39 Å². The first-order valence-electron chi connectivity index (χ1n) is 12.1. The number of nitrogens with zero attached hydrogens (tertiary/aromatic N) is 2. The van der Waals surface area contributed by atoms with Gasteiger partial charge in [0, 0.05) is 17.3 Å². The molecule has 0 amide bonds. The van der Waals surface area contributed by atoms with Crippen LogP contribution in [0, 0.1) is 11.9 Å². The number of aromatic nitrogens is 2. The van der Waals surface area contributed by atoms with Crippen molar-refractivity contribution in [2.24, 2.45) is 5.92 Å².